The van der Waals surface area contributed by atoms with Crippen molar-refractivity contribution in [1.82, 2.24) is 19.6 Å². The molecule has 0 spiro atoms. The third-order valence-electron chi connectivity index (χ3n) is 1.75. The van der Waals surface area contributed by atoms with E-state index in [1.54, 1.807) is 18.5 Å². The van der Waals surface area contributed by atoms with Crippen LogP contribution in [0.3, 0.4) is 0 Å². The summed E-state index contributed by atoms with van der Waals surface area (Å²) in [5.41, 5.74) is 6.78. The van der Waals surface area contributed by atoms with Gasteiger partial charge in [-0.2, -0.15) is 0 Å². The molecule has 0 radical (unpaired) electrons. The molecule has 1 atom stereocenters. The van der Waals surface area contributed by atoms with Crippen molar-refractivity contribution in [3.8, 4) is 0 Å². The molecule has 5 nitrogen and oxygen atoms in total. The van der Waals surface area contributed by atoms with Crippen molar-refractivity contribution in [2.24, 2.45) is 5.73 Å². The summed E-state index contributed by atoms with van der Waals surface area (Å²) in [4.78, 5) is 8.16. The summed E-state index contributed by atoms with van der Waals surface area (Å²) in [7, 11) is 0. The Hall–Kier alpha value is -1.40. The molecule has 2 aromatic rings. The Balaban J connectivity index is 2.07. The van der Waals surface area contributed by atoms with E-state index in [1.807, 2.05) is 5.38 Å². The molecule has 1 unspecified atom stereocenters. The quantitative estimate of drug-likeness (QED) is 0.796. The van der Waals surface area contributed by atoms with Crippen LogP contribution in [0, 0.1) is 0 Å². The van der Waals surface area contributed by atoms with E-state index in [4.69, 9.17) is 5.73 Å². The lowest BCUT2D eigenvalue weighted by Crippen LogP contribution is -2.16. The summed E-state index contributed by atoms with van der Waals surface area (Å²) in [6.07, 6.45) is 3.99. The first-order valence-corrected chi connectivity index (χ1v) is 4.98. The fraction of sp³-hybridized carbons (Fsp3) is 0.250. The standard InChI is InChI=1S/C8H9N5S/c9-7(4-6-5-14-13-12-6)8-10-2-1-3-11-8/h1-3,5,7H,4,9H2. The Morgan fingerprint density at radius 2 is 2.14 bits per heavy atom. The second-order valence-electron chi connectivity index (χ2n) is 2.81. The highest BCUT2D eigenvalue weighted by molar-refractivity contribution is 7.03. The first kappa shape index (κ1) is 9.17. The van der Waals surface area contributed by atoms with Gasteiger partial charge in [-0.3, -0.25) is 0 Å². The minimum absolute atomic E-state index is 0.208. The second kappa shape index (κ2) is 4.21. The van der Waals surface area contributed by atoms with Gasteiger partial charge < -0.3 is 5.73 Å². The van der Waals surface area contributed by atoms with Crippen molar-refractivity contribution >= 4 is 11.5 Å². The second-order valence-corrected chi connectivity index (χ2v) is 3.42. The zero-order valence-corrected chi connectivity index (χ0v) is 8.18. The van der Waals surface area contributed by atoms with E-state index in [9.17, 15) is 0 Å². The van der Waals surface area contributed by atoms with Crippen molar-refractivity contribution in [3.05, 3.63) is 35.4 Å². The van der Waals surface area contributed by atoms with Gasteiger partial charge >= 0.3 is 0 Å². The SMILES string of the molecule is NC(Cc1csnn1)c1ncccn1. The van der Waals surface area contributed by atoms with Gasteiger partial charge in [-0.1, -0.05) is 4.49 Å². The zero-order valence-electron chi connectivity index (χ0n) is 7.37. The van der Waals surface area contributed by atoms with E-state index in [-0.39, 0.29) is 6.04 Å². The molecule has 0 aliphatic carbocycles. The third-order valence-corrected chi connectivity index (χ3v) is 2.31. The lowest BCUT2D eigenvalue weighted by molar-refractivity contribution is 0.654. The van der Waals surface area contributed by atoms with Crippen LogP contribution >= 0.6 is 11.5 Å². The molecule has 0 saturated carbocycles. The fourth-order valence-corrected chi connectivity index (χ4v) is 1.56. The normalized spacial score (nSPS) is 12.6. The molecule has 2 N–H and O–H groups in total. The van der Waals surface area contributed by atoms with Gasteiger partial charge in [0.25, 0.3) is 0 Å². The molecule has 2 aromatic heterocycles. The van der Waals surface area contributed by atoms with Crippen molar-refractivity contribution in [2.75, 3.05) is 0 Å². The number of aromatic nitrogens is 4. The van der Waals surface area contributed by atoms with Gasteiger partial charge in [-0.15, -0.1) is 5.10 Å². The molecule has 14 heavy (non-hydrogen) atoms. The number of hydrogen-bond acceptors (Lipinski definition) is 6. The van der Waals surface area contributed by atoms with E-state index in [2.05, 4.69) is 19.6 Å². The maximum atomic E-state index is 5.90. The molecule has 0 fully saturated rings. The molecule has 0 saturated heterocycles. The Morgan fingerprint density at radius 3 is 2.79 bits per heavy atom. The molecule has 0 aliphatic heterocycles. The summed E-state index contributed by atoms with van der Waals surface area (Å²) >= 11 is 1.32. The van der Waals surface area contributed by atoms with E-state index in [0.29, 0.717) is 12.2 Å². The van der Waals surface area contributed by atoms with E-state index < -0.39 is 0 Å². The number of hydrogen-bond donors (Lipinski definition) is 1. The van der Waals surface area contributed by atoms with Crippen LogP contribution in [0.2, 0.25) is 0 Å². The van der Waals surface area contributed by atoms with Gasteiger partial charge in [-0.25, -0.2) is 9.97 Å². The Kier molecular flexibility index (Phi) is 2.76. The maximum Gasteiger partial charge on any atom is 0.145 e. The molecule has 72 valence electrons. The number of nitrogens with two attached hydrogens (primary N) is 1. The van der Waals surface area contributed by atoms with Crippen molar-refractivity contribution in [1.29, 1.82) is 0 Å². The Labute approximate surface area is 85.2 Å². The molecule has 6 heteroatoms. The average molecular weight is 207 g/mol. The highest BCUT2D eigenvalue weighted by atomic mass is 32.1. The molecule has 0 bridgehead atoms. The molecular weight excluding hydrogens is 198 g/mol. The summed E-state index contributed by atoms with van der Waals surface area (Å²) < 4.78 is 3.76. The summed E-state index contributed by atoms with van der Waals surface area (Å²) in [5, 5.41) is 5.79. The molecule has 0 amide bonds. The molecule has 0 aliphatic rings. The van der Waals surface area contributed by atoms with E-state index in [0.717, 1.165) is 5.69 Å². The fourth-order valence-electron chi connectivity index (χ4n) is 1.09. The molecule has 2 heterocycles. The van der Waals surface area contributed by atoms with Gasteiger partial charge in [0.05, 0.1) is 11.7 Å². The van der Waals surface area contributed by atoms with Crippen molar-refractivity contribution in [2.45, 2.75) is 12.5 Å². The lowest BCUT2D eigenvalue weighted by Gasteiger charge is -2.06. The van der Waals surface area contributed by atoms with Crippen LogP contribution in [0.25, 0.3) is 0 Å². The van der Waals surface area contributed by atoms with Crippen LogP contribution in [-0.2, 0) is 6.42 Å². The lowest BCUT2D eigenvalue weighted by atomic mass is 10.2. The topological polar surface area (TPSA) is 77.6 Å². The predicted octanol–water partition coefficient (Wildman–Crippen LogP) is 0.571. The van der Waals surface area contributed by atoms with Gasteiger partial charge in [0.1, 0.15) is 5.82 Å². The van der Waals surface area contributed by atoms with Gasteiger partial charge in [-0.05, 0) is 17.6 Å². The summed E-state index contributed by atoms with van der Waals surface area (Å²) in [5.74, 6) is 0.639. The largest absolute Gasteiger partial charge is 0.321 e. The number of nitrogens with zero attached hydrogens (tertiary/aromatic N) is 4. The maximum absolute atomic E-state index is 5.90. The number of rotatable bonds is 3. The van der Waals surface area contributed by atoms with Crippen molar-refractivity contribution in [3.63, 3.8) is 0 Å². The third kappa shape index (κ3) is 2.09. The molecule has 0 aromatic carbocycles. The van der Waals surface area contributed by atoms with E-state index >= 15 is 0 Å². The van der Waals surface area contributed by atoms with Crippen LogP contribution in [-0.4, -0.2) is 19.6 Å². The minimum atomic E-state index is -0.208. The Bertz CT molecular complexity index is 374. The monoisotopic (exact) mass is 207 g/mol. The van der Waals surface area contributed by atoms with Gasteiger partial charge in [0.15, 0.2) is 0 Å². The first-order valence-electron chi connectivity index (χ1n) is 4.14. The average Bonchev–Trinajstić information content (AvgIpc) is 2.72. The molecular formula is C8H9N5S. The van der Waals surface area contributed by atoms with Gasteiger partial charge in [0, 0.05) is 24.2 Å². The predicted molar refractivity (Wildman–Crippen MR) is 52.6 cm³/mol. The smallest absolute Gasteiger partial charge is 0.145 e. The Morgan fingerprint density at radius 1 is 1.36 bits per heavy atom. The first-order chi connectivity index (χ1) is 6.86. The molecule has 2 rings (SSSR count). The highest BCUT2D eigenvalue weighted by Crippen LogP contribution is 2.10. The summed E-state index contributed by atoms with van der Waals surface area (Å²) in [6, 6.07) is 1.56. The minimum Gasteiger partial charge on any atom is -0.321 e. The zero-order chi connectivity index (χ0) is 9.80. The highest BCUT2D eigenvalue weighted by Gasteiger charge is 2.10. The summed E-state index contributed by atoms with van der Waals surface area (Å²) in [6.45, 7) is 0. The van der Waals surface area contributed by atoms with Crippen LogP contribution in [0.5, 0.6) is 0 Å². The van der Waals surface area contributed by atoms with Crippen LogP contribution in [0.1, 0.15) is 17.6 Å². The van der Waals surface area contributed by atoms with Gasteiger partial charge in [0.2, 0.25) is 0 Å². The van der Waals surface area contributed by atoms with Crippen LogP contribution < -0.4 is 5.73 Å². The van der Waals surface area contributed by atoms with E-state index in [1.165, 1.54) is 11.5 Å². The van der Waals surface area contributed by atoms with Crippen LogP contribution in [0.15, 0.2) is 23.8 Å². The van der Waals surface area contributed by atoms with Crippen LogP contribution in [0.4, 0.5) is 0 Å². The van der Waals surface area contributed by atoms with Crippen molar-refractivity contribution < 1.29 is 0 Å².